The summed E-state index contributed by atoms with van der Waals surface area (Å²) >= 11 is 0. The lowest BCUT2D eigenvalue weighted by molar-refractivity contribution is 0.455. The number of fused-ring (bicyclic) bond motifs is 1. The summed E-state index contributed by atoms with van der Waals surface area (Å²) in [7, 11) is 0. The topological polar surface area (TPSA) is 64.9 Å². The van der Waals surface area contributed by atoms with Crippen LogP contribution in [0.15, 0.2) is 23.0 Å². The minimum Gasteiger partial charge on any atom is -0.355 e. The maximum absolute atomic E-state index is 5.40. The molecule has 0 fully saturated rings. The van der Waals surface area contributed by atoms with Crippen molar-refractivity contribution in [1.82, 2.24) is 10.1 Å². The molecule has 4 heteroatoms. The molecule has 0 aliphatic heterocycles. The molecule has 0 unspecified atom stereocenters. The molecule has 0 atom stereocenters. The molecular weight excluding hydrogens is 142 g/mol. The summed E-state index contributed by atoms with van der Waals surface area (Å²) in [5.41, 5.74) is 6.94. The molecule has 2 aromatic heterocycles. The van der Waals surface area contributed by atoms with E-state index in [-0.39, 0.29) is 0 Å². The lowest BCUT2D eigenvalue weighted by Gasteiger charge is -1.91. The maximum atomic E-state index is 5.40. The Morgan fingerprint density at radius 3 is 3.18 bits per heavy atom. The summed E-state index contributed by atoms with van der Waals surface area (Å²) in [6.45, 7) is 0.446. The van der Waals surface area contributed by atoms with E-state index in [4.69, 9.17) is 10.3 Å². The first-order valence-electron chi connectivity index (χ1n) is 3.29. The van der Waals surface area contributed by atoms with Gasteiger partial charge in [0.1, 0.15) is 0 Å². The highest BCUT2D eigenvalue weighted by Gasteiger charge is 1.98. The van der Waals surface area contributed by atoms with Gasteiger partial charge >= 0.3 is 0 Å². The van der Waals surface area contributed by atoms with Crippen molar-refractivity contribution in [3.63, 3.8) is 0 Å². The minimum absolute atomic E-state index is 0.446. The van der Waals surface area contributed by atoms with E-state index in [1.807, 2.05) is 6.07 Å². The Morgan fingerprint density at radius 2 is 2.36 bits per heavy atom. The second-order valence-corrected chi connectivity index (χ2v) is 2.24. The summed E-state index contributed by atoms with van der Waals surface area (Å²) in [6.07, 6.45) is 3.28. The van der Waals surface area contributed by atoms with Gasteiger partial charge in [-0.25, -0.2) is 0 Å². The predicted octanol–water partition coefficient (Wildman–Crippen LogP) is 0.681. The minimum atomic E-state index is 0.446. The average molecular weight is 149 g/mol. The predicted molar refractivity (Wildman–Crippen MR) is 39.7 cm³/mol. The second-order valence-electron chi connectivity index (χ2n) is 2.24. The third kappa shape index (κ3) is 0.969. The van der Waals surface area contributed by atoms with E-state index in [0.29, 0.717) is 12.1 Å². The molecule has 0 bridgehead atoms. The fourth-order valence-corrected chi connectivity index (χ4v) is 0.933. The number of hydrogen-bond donors (Lipinski definition) is 1. The van der Waals surface area contributed by atoms with Gasteiger partial charge in [0.2, 0.25) is 0 Å². The Balaban J connectivity index is 2.67. The highest BCUT2D eigenvalue weighted by atomic mass is 16.5. The average Bonchev–Trinajstić information content (AvgIpc) is 2.50. The van der Waals surface area contributed by atoms with Crippen LogP contribution in [0, 0.1) is 0 Å². The molecule has 0 saturated heterocycles. The molecule has 2 N–H and O–H groups in total. The first-order chi connectivity index (χ1) is 5.40. The zero-order chi connectivity index (χ0) is 7.68. The van der Waals surface area contributed by atoms with Gasteiger partial charge in [-0.2, -0.15) is 0 Å². The Kier molecular flexibility index (Phi) is 1.33. The van der Waals surface area contributed by atoms with E-state index in [0.717, 1.165) is 11.1 Å². The van der Waals surface area contributed by atoms with Crippen LogP contribution in [0.5, 0.6) is 0 Å². The monoisotopic (exact) mass is 149 g/mol. The second kappa shape index (κ2) is 2.32. The van der Waals surface area contributed by atoms with Crippen molar-refractivity contribution in [2.75, 3.05) is 0 Å². The number of nitrogens with two attached hydrogens (primary N) is 1. The standard InChI is InChI=1S/C7H7N3O/c8-2-6-1-5-3-10-11-7(5)4-9-6/h1,3-4H,2,8H2. The molecule has 11 heavy (non-hydrogen) atoms. The third-order valence-corrected chi connectivity index (χ3v) is 1.51. The molecule has 0 aliphatic rings. The van der Waals surface area contributed by atoms with Gasteiger partial charge in [-0.1, -0.05) is 5.16 Å². The molecule has 4 nitrogen and oxygen atoms in total. The Morgan fingerprint density at radius 1 is 1.45 bits per heavy atom. The molecule has 2 aromatic rings. The van der Waals surface area contributed by atoms with Crippen molar-refractivity contribution in [3.05, 3.63) is 24.2 Å². The van der Waals surface area contributed by atoms with E-state index in [2.05, 4.69) is 10.1 Å². The van der Waals surface area contributed by atoms with Crippen LogP contribution in [0.25, 0.3) is 11.0 Å². The fraction of sp³-hybridized carbons (Fsp3) is 0.143. The summed E-state index contributed by atoms with van der Waals surface area (Å²) < 4.78 is 4.86. The van der Waals surface area contributed by atoms with Gasteiger partial charge in [-0.05, 0) is 6.07 Å². The van der Waals surface area contributed by atoms with Crippen LogP contribution in [0.2, 0.25) is 0 Å². The smallest absolute Gasteiger partial charge is 0.185 e. The van der Waals surface area contributed by atoms with E-state index >= 15 is 0 Å². The van der Waals surface area contributed by atoms with Crippen molar-refractivity contribution in [1.29, 1.82) is 0 Å². The summed E-state index contributed by atoms with van der Waals surface area (Å²) in [6, 6.07) is 1.87. The van der Waals surface area contributed by atoms with E-state index in [1.54, 1.807) is 12.4 Å². The molecule has 0 amide bonds. The third-order valence-electron chi connectivity index (χ3n) is 1.51. The zero-order valence-corrected chi connectivity index (χ0v) is 5.82. The van der Waals surface area contributed by atoms with Crippen molar-refractivity contribution in [2.24, 2.45) is 5.73 Å². The number of pyridine rings is 1. The van der Waals surface area contributed by atoms with Crippen LogP contribution in [-0.2, 0) is 6.54 Å². The largest absolute Gasteiger partial charge is 0.355 e. The highest BCUT2D eigenvalue weighted by molar-refractivity contribution is 5.74. The molecule has 2 rings (SSSR count). The molecule has 56 valence electrons. The molecule has 0 aliphatic carbocycles. The fourth-order valence-electron chi connectivity index (χ4n) is 0.933. The lowest BCUT2D eigenvalue weighted by atomic mass is 10.3. The maximum Gasteiger partial charge on any atom is 0.185 e. The highest BCUT2D eigenvalue weighted by Crippen LogP contribution is 2.11. The Hall–Kier alpha value is -1.42. The SMILES string of the molecule is NCc1cc2cnoc2cn1. The van der Waals surface area contributed by atoms with Crippen LogP contribution in [0.1, 0.15) is 5.69 Å². The van der Waals surface area contributed by atoms with Gasteiger partial charge in [-0.15, -0.1) is 0 Å². The van der Waals surface area contributed by atoms with Gasteiger partial charge in [0, 0.05) is 11.9 Å². The molecule has 0 aromatic carbocycles. The summed E-state index contributed by atoms with van der Waals surface area (Å²) in [4.78, 5) is 4.04. The van der Waals surface area contributed by atoms with Crippen LogP contribution < -0.4 is 5.73 Å². The molecule has 2 heterocycles. The van der Waals surface area contributed by atoms with Crippen molar-refractivity contribution in [2.45, 2.75) is 6.54 Å². The van der Waals surface area contributed by atoms with Gasteiger partial charge in [-0.3, -0.25) is 4.98 Å². The molecule has 0 spiro atoms. The first-order valence-corrected chi connectivity index (χ1v) is 3.29. The number of nitrogens with zero attached hydrogens (tertiary/aromatic N) is 2. The van der Waals surface area contributed by atoms with Crippen molar-refractivity contribution < 1.29 is 4.52 Å². The van der Waals surface area contributed by atoms with Crippen LogP contribution in [0.4, 0.5) is 0 Å². The van der Waals surface area contributed by atoms with Gasteiger partial charge < -0.3 is 10.3 Å². The van der Waals surface area contributed by atoms with E-state index in [9.17, 15) is 0 Å². The van der Waals surface area contributed by atoms with Crippen LogP contribution in [-0.4, -0.2) is 10.1 Å². The van der Waals surface area contributed by atoms with Crippen LogP contribution >= 0.6 is 0 Å². The Labute approximate surface area is 63.0 Å². The molecule has 0 radical (unpaired) electrons. The first kappa shape index (κ1) is 6.30. The van der Waals surface area contributed by atoms with Gasteiger partial charge in [0.05, 0.1) is 18.1 Å². The van der Waals surface area contributed by atoms with Gasteiger partial charge in [0.15, 0.2) is 5.58 Å². The Bertz CT molecular complexity index is 368. The van der Waals surface area contributed by atoms with Crippen LogP contribution in [0.3, 0.4) is 0 Å². The summed E-state index contributed by atoms with van der Waals surface area (Å²) in [5.74, 6) is 0. The normalized spacial score (nSPS) is 10.6. The molecular formula is C7H7N3O. The summed E-state index contributed by atoms with van der Waals surface area (Å²) in [5, 5.41) is 4.57. The van der Waals surface area contributed by atoms with Crippen molar-refractivity contribution >= 4 is 11.0 Å². The van der Waals surface area contributed by atoms with Crippen molar-refractivity contribution in [3.8, 4) is 0 Å². The van der Waals surface area contributed by atoms with E-state index in [1.165, 1.54) is 0 Å². The number of hydrogen-bond acceptors (Lipinski definition) is 4. The lowest BCUT2D eigenvalue weighted by Crippen LogP contribution is -1.97. The van der Waals surface area contributed by atoms with E-state index < -0.39 is 0 Å². The van der Waals surface area contributed by atoms with Gasteiger partial charge in [0.25, 0.3) is 0 Å². The number of aromatic nitrogens is 2. The zero-order valence-electron chi connectivity index (χ0n) is 5.82. The molecule has 0 saturated carbocycles. The quantitative estimate of drug-likeness (QED) is 0.647. The number of rotatable bonds is 1.